The van der Waals surface area contributed by atoms with Crippen LogP contribution in [-0.2, 0) is 6.42 Å². The molecule has 0 unspecified atom stereocenters. The van der Waals surface area contributed by atoms with Crippen LogP contribution >= 0.6 is 15.9 Å². The van der Waals surface area contributed by atoms with Crippen LogP contribution in [0.4, 0.5) is 0 Å². The topological polar surface area (TPSA) is 0 Å². The number of allylic oxidation sites excluding steroid dienone is 1. The highest BCUT2D eigenvalue weighted by atomic mass is 79.9. The van der Waals surface area contributed by atoms with Gasteiger partial charge >= 0.3 is 0 Å². The first-order chi connectivity index (χ1) is 6.20. The minimum absolute atomic E-state index is 1.09. The molecule has 0 spiro atoms. The van der Waals surface area contributed by atoms with Crippen LogP contribution in [0.15, 0.2) is 22.7 Å². The third-order valence-electron chi connectivity index (χ3n) is 2.27. The van der Waals surface area contributed by atoms with E-state index in [1.165, 1.54) is 21.2 Å². The van der Waals surface area contributed by atoms with E-state index in [1.807, 2.05) is 0 Å². The van der Waals surface area contributed by atoms with Gasteiger partial charge in [-0.2, -0.15) is 0 Å². The lowest BCUT2D eigenvalue weighted by molar-refractivity contribution is 1.10. The maximum Gasteiger partial charge on any atom is 0.0207 e. The van der Waals surface area contributed by atoms with E-state index in [9.17, 15) is 0 Å². The van der Waals surface area contributed by atoms with Crippen molar-refractivity contribution in [2.75, 3.05) is 0 Å². The predicted octanol–water partition coefficient (Wildman–Crippen LogP) is 4.35. The third-order valence-corrected chi connectivity index (χ3v) is 3.13. The van der Waals surface area contributed by atoms with Gasteiger partial charge in [0.15, 0.2) is 0 Å². The Kier molecular flexibility index (Phi) is 3.73. The number of halogens is 1. The Bertz CT molecular complexity index is 324. The van der Waals surface area contributed by atoms with Gasteiger partial charge in [-0.3, -0.25) is 0 Å². The van der Waals surface area contributed by atoms with Crippen molar-refractivity contribution in [3.63, 3.8) is 0 Å². The fourth-order valence-corrected chi connectivity index (χ4v) is 1.93. The average Bonchev–Trinajstić information content (AvgIpc) is 2.12. The van der Waals surface area contributed by atoms with Gasteiger partial charge in [0.25, 0.3) is 0 Å². The highest BCUT2D eigenvalue weighted by molar-refractivity contribution is 9.10. The first kappa shape index (κ1) is 10.5. The van der Waals surface area contributed by atoms with Gasteiger partial charge in [-0.05, 0) is 43.0 Å². The van der Waals surface area contributed by atoms with Gasteiger partial charge in [-0.15, -0.1) is 0 Å². The zero-order chi connectivity index (χ0) is 9.84. The molecule has 0 nitrogen and oxygen atoms in total. The van der Waals surface area contributed by atoms with Crippen LogP contribution in [0, 0.1) is 6.92 Å². The molecule has 0 aliphatic heterocycles. The SMILES string of the molecule is C/C=C\c1ccc(Br)c(C)c1CC. The van der Waals surface area contributed by atoms with Gasteiger partial charge in [0.05, 0.1) is 0 Å². The van der Waals surface area contributed by atoms with Gasteiger partial charge < -0.3 is 0 Å². The lowest BCUT2D eigenvalue weighted by Gasteiger charge is -2.09. The van der Waals surface area contributed by atoms with Crippen LogP contribution in [0.1, 0.15) is 30.5 Å². The molecule has 1 rings (SSSR count). The van der Waals surface area contributed by atoms with Gasteiger partial charge in [0.1, 0.15) is 0 Å². The standard InChI is InChI=1S/C12H15Br/c1-4-6-10-7-8-12(13)9(3)11(10)5-2/h4,6-8H,5H2,1-3H3/b6-4-. The Morgan fingerprint density at radius 1 is 1.38 bits per heavy atom. The van der Waals surface area contributed by atoms with E-state index in [-0.39, 0.29) is 0 Å². The molecule has 0 aliphatic rings. The van der Waals surface area contributed by atoms with Crippen molar-refractivity contribution in [3.05, 3.63) is 39.4 Å². The van der Waals surface area contributed by atoms with Crippen LogP contribution in [0.2, 0.25) is 0 Å². The summed E-state index contributed by atoms with van der Waals surface area (Å²) in [4.78, 5) is 0. The molecular formula is C12H15Br. The number of rotatable bonds is 2. The maximum atomic E-state index is 3.55. The summed E-state index contributed by atoms with van der Waals surface area (Å²) in [7, 11) is 0. The van der Waals surface area contributed by atoms with E-state index >= 15 is 0 Å². The summed E-state index contributed by atoms with van der Waals surface area (Å²) in [5.41, 5.74) is 4.14. The summed E-state index contributed by atoms with van der Waals surface area (Å²) in [6, 6.07) is 4.28. The molecule has 0 aliphatic carbocycles. The second-order valence-corrected chi connectivity index (χ2v) is 3.95. The minimum Gasteiger partial charge on any atom is -0.0871 e. The smallest absolute Gasteiger partial charge is 0.0207 e. The molecule has 0 atom stereocenters. The minimum atomic E-state index is 1.09. The zero-order valence-corrected chi connectivity index (χ0v) is 9.98. The van der Waals surface area contributed by atoms with Gasteiger partial charge in [0, 0.05) is 4.47 Å². The second kappa shape index (κ2) is 4.61. The van der Waals surface area contributed by atoms with E-state index in [4.69, 9.17) is 0 Å². The van der Waals surface area contributed by atoms with Crippen LogP contribution in [0.25, 0.3) is 6.08 Å². The molecule has 13 heavy (non-hydrogen) atoms. The Morgan fingerprint density at radius 2 is 2.08 bits per heavy atom. The van der Waals surface area contributed by atoms with E-state index in [0.29, 0.717) is 0 Å². The molecule has 70 valence electrons. The molecular weight excluding hydrogens is 224 g/mol. The fraction of sp³-hybridized carbons (Fsp3) is 0.333. The second-order valence-electron chi connectivity index (χ2n) is 3.09. The lowest BCUT2D eigenvalue weighted by Crippen LogP contribution is -1.92. The summed E-state index contributed by atoms with van der Waals surface area (Å²) in [5, 5.41) is 0. The van der Waals surface area contributed by atoms with Crippen molar-refractivity contribution >= 4 is 22.0 Å². The summed E-state index contributed by atoms with van der Waals surface area (Å²) >= 11 is 3.55. The van der Waals surface area contributed by atoms with E-state index < -0.39 is 0 Å². The predicted molar refractivity (Wildman–Crippen MR) is 63.0 cm³/mol. The van der Waals surface area contributed by atoms with Crippen LogP contribution in [0.5, 0.6) is 0 Å². The molecule has 0 saturated carbocycles. The van der Waals surface area contributed by atoms with Crippen molar-refractivity contribution < 1.29 is 0 Å². The van der Waals surface area contributed by atoms with E-state index in [1.54, 1.807) is 0 Å². The van der Waals surface area contributed by atoms with Gasteiger partial charge in [0.2, 0.25) is 0 Å². The number of benzene rings is 1. The quantitative estimate of drug-likeness (QED) is 0.719. The molecule has 1 heteroatoms. The Hall–Kier alpha value is -0.560. The largest absolute Gasteiger partial charge is 0.0871 e. The molecule has 1 aromatic rings. The molecule has 0 bridgehead atoms. The Balaban J connectivity index is 3.29. The third kappa shape index (κ3) is 2.22. The van der Waals surface area contributed by atoms with Crippen molar-refractivity contribution in [1.82, 2.24) is 0 Å². The van der Waals surface area contributed by atoms with Crippen molar-refractivity contribution in [2.24, 2.45) is 0 Å². The number of hydrogen-bond donors (Lipinski definition) is 0. The summed E-state index contributed by atoms with van der Waals surface area (Å²) in [5.74, 6) is 0. The van der Waals surface area contributed by atoms with E-state index in [0.717, 1.165) is 6.42 Å². The van der Waals surface area contributed by atoms with E-state index in [2.05, 4.69) is 61.0 Å². The van der Waals surface area contributed by atoms with Crippen molar-refractivity contribution in [3.8, 4) is 0 Å². The number of hydrogen-bond acceptors (Lipinski definition) is 0. The van der Waals surface area contributed by atoms with Crippen LogP contribution in [-0.4, -0.2) is 0 Å². The van der Waals surface area contributed by atoms with Crippen LogP contribution in [0.3, 0.4) is 0 Å². The average molecular weight is 239 g/mol. The molecule has 1 aromatic carbocycles. The van der Waals surface area contributed by atoms with Crippen molar-refractivity contribution in [1.29, 1.82) is 0 Å². The molecule has 0 aromatic heterocycles. The monoisotopic (exact) mass is 238 g/mol. The maximum absolute atomic E-state index is 3.55. The van der Waals surface area contributed by atoms with Gasteiger partial charge in [-0.1, -0.05) is 41.1 Å². The molecule has 0 saturated heterocycles. The van der Waals surface area contributed by atoms with Crippen molar-refractivity contribution in [2.45, 2.75) is 27.2 Å². The molecule has 0 heterocycles. The Morgan fingerprint density at radius 3 is 2.62 bits per heavy atom. The molecule has 0 radical (unpaired) electrons. The molecule has 0 amide bonds. The summed E-state index contributed by atoms with van der Waals surface area (Å²) in [6.07, 6.45) is 5.34. The molecule has 0 fully saturated rings. The highest BCUT2D eigenvalue weighted by Crippen LogP contribution is 2.24. The summed E-state index contributed by atoms with van der Waals surface area (Å²) < 4.78 is 1.21. The first-order valence-corrected chi connectivity index (χ1v) is 5.40. The zero-order valence-electron chi connectivity index (χ0n) is 8.39. The fourth-order valence-electron chi connectivity index (χ4n) is 1.55. The highest BCUT2D eigenvalue weighted by Gasteiger charge is 2.03. The molecule has 0 N–H and O–H groups in total. The normalized spacial score (nSPS) is 11.1. The lowest BCUT2D eigenvalue weighted by atomic mass is 9.99. The first-order valence-electron chi connectivity index (χ1n) is 4.61. The Labute approximate surface area is 88.8 Å². The summed E-state index contributed by atoms with van der Waals surface area (Å²) in [6.45, 7) is 6.41. The van der Waals surface area contributed by atoms with Crippen LogP contribution < -0.4 is 0 Å². The van der Waals surface area contributed by atoms with Gasteiger partial charge in [-0.25, -0.2) is 0 Å².